The molecule has 2 N–H and O–H groups in total. The number of ether oxygens (including phenoxy) is 1. The van der Waals surface area contributed by atoms with Crippen molar-refractivity contribution in [2.45, 2.75) is 32.4 Å². The van der Waals surface area contributed by atoms with Crippen LogP contribution in [0.4, 0.5) is 10.1 Å². The quantitative estimate of drug-likeness (QED) is 0.635. The van der Waals surface area contributed by atoms with Crippen molar-refractivity contribution in [3.63, 3.8) is 0 Å². The van der Waals surface area contributed by atoms with E-state index in [2.05, 4.69) is 10.6 Å². The summed E-state index contributed by atoms with van der Waals surface area (Å²) >= 11 is 0. The second-order valence-electron chi connectivity index (χ2n) is 7.17. The number of hydrogen-bond acceptors (Lipinski definition) is 4. The van der Waals surface area contributed by atoms with Gasteiger partial charge in [-0.2, -0.15) is 0 Å². The minimum Gasteiger partial charge on any atom is -0.486 e. The molecule has 1 aromatic heterocycles. The fourth-order valence-electron chi connectivity index (χ4n) is 3.31. The van der Waals surface area contributed by atoms with Crippen LogP contribution in [0.1, 0.15) is 46.8 Å². The molecule has 2 aromatic carbocycles. The Morgan fingerprint density at radius 3 is 2.90 bits per heavy atom. The fourth-order valence-corrected chi connectivity index (χ4v) is 3.31. The first-order valence-corrected chi connectivity index (χ1v) is 9.68. The van der Waals surface area contributed by atoms with Crippen LogP contribution in [0.5, 0.6) is 5.75 Å². The average molecular weight is 408 g/mol. The number of halogens is 1. The maximum atomic E-state index is 13.4. The number of carbonyl (C=O) groups is 2. The van der Waals surface area contributed by atoms with Gasteiger partial charge >= 0.3 is 0 Å². The molecule has 154 valence electrons. The van der Waals surface area contributed by atoms with Crippen LogP contribution < -0.4 is 15.4 Å². The summed E-state index contributed by atoms with van der Waals surface area (Å²) < 4.78 is 24.7. The molecule has 2 heterocycles. The van der Waals surface area contributed by atoms with E-state index in [4.69, 9.17) is 9.15 Å². The van der Waals surface area contributed by atoms with Gasteiger partial charge in [-0.25, -0.2) is 4.39 Å². The second-order valence-corrected chi connectivity index (χ2v) is 7.17. The number of nitrogens with one attached hydrogen (secondary N) is 2. The number of amides is 2. The van der Waals surface area contributed by atoms with Crippen LogP contribution in [0.2, 0.25) is 0 Å². The normalized spacial score (nSPS) is 13.9. The molecule has 0 fully saturated rings. The maximum Gasteiger partial charge on any atom is 0.287 e. The van der Waals surface area contributed by atoms with Crippen molar-refractivity contribution < 1.29 is 23.1 Å². The Bertz CT molecular complexity index is 1090. The number of benzene rings is 2. The van der Waals surface area contributed by atoms with Crippen LogP contribution in [0.3, 0.4) is 0 Å². The summed E-state index contributed by atoms with van der Waals surface area (Å²) in [7, 11) is 0. The van der Waals surface area contributed by atoms with Crippen molar-refractivity contribution >= 4 is 17.5 Å². The molecular formula is C23H21FN2O4. The molecule has 1 aliphatic rings. The first kappa shape index (κ1) is 19.7. The van der Waals surface area contributed by atoms with Gasteiger partial charge in [0.05, 0.1) is 6.04 Å². The molecule has 1 unspecified atom stereocenters. The van der Waals surface area contributed by atoms with Crippen molar-refractivity contribution in [3.05, 3.63) is 83.1 Å². The van der Waals surface area contributed by atoms with Crippen molar-refractivity contribution in [1.29, 1.82) is 0 Å². The lowest BCUT2D eigenvalue weighted by Crippen LogP contribution is -2.26. The van der Waals surface area contributed by atoms with Gasteiger partial charge in [-0.05, 0) is 66.9 Å². The Morgan fingerprint density at radius 1 is 1.20 bits per heavy atom. The van der Waals surface area contributed by atoms with E-state index in [9.17, 15) is 14.0 Å². The molecule has 1 atom stereocenters. The van der Waals surface area contributed by atoms with E-state index in [0.29, 0.717) is 29.9 Å². The number of aryl methyl sites for hydroxylation is 1. The molecular weight excluding hydrogens is 387 g/mol. The number of hydrogen-bond donors (Lipinski definition) is 2. The summed E-state index contributed by atoms with van der Waals surface area (Å²) in [6, 6.07) is 14.5. The Balaban J connectivity index is 1.35. The highest BCUT2D eigenvalue weighted by molar-refractivity contribution is 5.94. The topological polar surface area (TPSA) is 80.6 Å². The average Bonchev–Trinajstić information content (AvgIpc) is 3.21. The van der Waals surface area contributed by atoms with Crippen LogP contribution in [0.25, 0.3) is 0 Å². The Labute approximate surface area is 173 Å². The highest BCUT2D eigenvalue weighted by Crippen LogP contribution is 2.27. The largest absolute Gasteiger partial charge is 0.486 e. The van der Waals surface area contributed by atoms with Crippen LogP contribution in [-0.2, 0) is 17.8 Å². The predicted molar refractivity (Wildman–Crippen MR) is 109 cm³/mol. The zero-order valence-corrected chi connectivity index (χ0v) is 16.4. The van der Waals surface area contributed by atoms with E-state index in [1.807, 2.05) is 12.1 Å². The zero-order valence-electron chi connectivity index (χ0n) is 16.4. The van der Waals surface area contributed by atoms with Crippen LogP contribution in [0.15, 0.2) is 59.0 Å². The van der Waals surface area contributed by atoms with Crippen molar-refractivity contribution in [1.82, 2.24) is 5.32 Å². The van der Waals surface area contributed by atoms with E-state index < -0.39 is 0 Å². The van der Waals surface area contributed by atoms with Gasteiger partial charge in [-0.15, -0.1) is 0 Å². The zero-order chi connectivity index (χ0) is 21.1. The van der Waals surface area contributed by atoms with Gasteiger partial charge < -0.3 is 19.8 Å². The van der Waals surface area contributed by atoms with Gasteiger partial charge in [0, 0.05) is 12.1 Å². The summed E-state index contributed by atoms with van der Waals surface area (Å²) in [5.41, 5.74) is 2.50. The molecule has 3 aromatic rings. The van der Waals surface area contributed by atoms with E-state index in [1.54, 1.807) is 37.3 Å². The Morgan fingerprint density at radius 2 is 2.07 bits per heavy atom. The van der Waals surface area contributed by atoms with E-state index >= 15 is 0 Å². The SMILES string of the molecule is CC(NC(=O)c1ccc(COc2ccc3c(c2)CCC(=O)N3)o1)c1cccc(F)c1. The monoisotopic (exact) mass is 408 g/mol. The number of carbonyl (C=O) groups excluding carboxylic acids is 2. The van der Waals surface area contributed by atoms with Gasteiger partial charge in [0.1, 0.15) is 23.9 Å². The second kappa shape index (κ2) is 8.41. The molecule has 1 aliphatic heterocycles. The number of rotatable bonds is 6. The minimum atomic E-state index is -0.387. The highest BCUT2D eigenvalue weighted by atomic mass is 19.1. The third-order valence-corrected chi connectivity index (χ3v) is 4.94. The van der Waals surface area contributed by atoms with Crippen molar-refractivity contribution in [3.8, 4) is 5.75 Å². The molecule has 2 amide bonds. The lowest BCUT2D eigenvalue weighted by Gasteiger charge is -2.17. The third-order valence-electron chi connectivity index (χ3n) is 4.94. The lowest BCUT2D eigenvalue weighted by atomic mass is 10.0. The predicted octanol–water partition coefficient (Wildman–Crippen LogP) is 4.37. The summed E-state index contributed by atoms with van der Waals surface area (Å²) in [6.07, 6.45) is 1.13. The molecule has 6 nitrogen and oxygen atoms in total. The van der Waals surface area contributed by atoms with Gasteiger partial charge in [-0.1, -0.05) is 12.1 Å². The van der Waals surface area contributed by atoms with Crippen LogP contribution in [-0.4, -0.2) is 11.8 Å². The molecule has 0 saturated carbocycles. The summed E-state index contributed by atoms with van der Waals surface area (Å²) in [5, 5.41) is 5.62. The van der Waals surface area contributed by atoms with Gasteiger partial charge in [0.2, 0.25) is 5.91 Å². The van der Waals surface area contributed by atoms with E-state index in [0.717, 1.165) is 11.3 Å². The number of anilines is 1. The van der Waals surface area contributed by atoms with E-state index in [1.165, 1.54) is 12.1 Å². The molecule has 0 radical (unpaired) electrons. The molecule has 7 heteroatoms. The van der Waals surface area contributed by atoms with E-state index in [-0.39, 0.29) is 36.0 Å². The fraction of sp³-hybridized carbons (Fsp3) is 0.217. The van der Waals surface area contributed by atoms with Crippen LogP contribution >= 0.6 is 0 Å². The van der Waals surface area contributed by atoms with Crippen molar-refractivity contribution in [2.75, 3.05) is 5.32 Å². The van der Waals surface area contributed by atoms with Crippen LogP contribution in [0, 0.1) is 5.82 Å². The molecule has 0 saturated heterocycles. The molecule has 0 bridgehead atoms. The van der Waals surface area contributed by atoms with Gasteiger partial charge in [0.15, 0.2) is 5.76 Å². The number of fused-ring (bicyclic) bond motifs is 1. The molecule has 0 aliphatic carbocycles. The molecule has 4 rings (SSSR count). The standard InChI is InChI=1S/C23H21FN2O4/c1-14(15-3-2-4-17(24)11-15)25-23(28)21-9-7-19(30-21)13-29-18-6-8-20-16(12-18)5-10-22(27)26-20/h2-4,6-9,11-12,14H,5,10,13H2,1H3,(H,25,28)(H,26,27). The first-order chi connectivity index (χ1) is 14.5. The lowest BCUT2D eigenvalue weighted by molar-refractivity contribution is -0.116. The number of furan rings is 1. The highest BCUT2D eigenvalue weighted by Gasteiger charge is 2.17. The summed E-state index contributed by atoms with van der Waals surface area (Å²) in [6.45, 7) is 1.94. The minimum absolute atomic E-state index is 0.0178. The van der Waals surface area contributed by atoms with Gasteiger partial charge in [-0.3, -0.25) is 9.59 Å². The molecule has 0 spiro atoms. The Hall–Kier alpha value is -3.61. The van der Waals surface area contributed by atoms with Crippen molar-refractivity contribution in [2.24, 2.45) is 0 Å². The molecule has 30 heavy (non-hydrogen) atoms. The Kier molecular flexibility index (Phi) is 5.52. The van der Waals surface area contributed by atoms with Gasteiger partial charge in [0.25, 0.3) is 5.91 Å². The third kappa shape index (κ3) is 4.51. The summed E-state index contributed by atoms with van der Waals surface area (Å²) in [4.78, 5) is 23.9. The first-order valence-electron chi connectivity index (χ1n) is 9.68. The summed E-state index contributed by atoms with van der Waals surface area (Å²) in [5.74, 6) is 0.601. The maximum absolute atomic E-state index is 13.4. The smallest absolute Gasteiger partial charge is 0.287 e.